The van der Waals surface area contributed by atoms with Crippen LogP contribution in [0.2, 0.25) is 0 Å². The number of aliphatic carboxylic acids is 1. The van der Waals surface area contributed by atoms with Crippen LogP contribution in [0, 0.1) is 11.3 Å². The van der Waals surface area contributed by atoms with Crippen LogP contribution in [0.1, 0.15) is 12.8 Å². The number of halogens is 3. The van der Waals surface area contributed by atoms with Gasteiger partial charge in [-0.2, -0.15) is 23.5 Å². The normalized spacial score (nSPS) is 16.1. The lowest BCUT2D eigenvalue weighted by molar-refractivity contribution is -0.192. The highest BCUT2D eigenvalue weighted by Crippen LogP contribution is 2.15. The van der Waals surface area contributed by atoms with Crippen molar-refractivity contribution in [3.63, 3.8) is 0 Å². The molecule has 2 heterocycles. The van der Waals surface area contributed by atoms with Crippen LogP contribution in [-0.4, -0.2) is 58.1 Å². The Labute approximate surface area is 131 Å². The van der Waals surface area contributed by atoms with E-state index in [1.54, 1.807) is 10.9 Å². The van der Waals surface area contributed by atoms with Gasteiger partial charge in [-0.1, -0.05) is 0 Å². The molecule has 1 aliphatic heterocycles. The first-order valence-electron chi connectivity index (χ1n) is 6.87. The molecule has 1 aliphatic rings. The SMILES string of the molecule is CN1CCC(Nc2cnn(CC#N)c2)CC1.O=C(O)C(F)(F)F. The third kappa shape index (κ3) is 7.01. The minimum absolute atomic E-state index is 0.315. The molecule has 0 radical (unpaired) electrons. The number of carboxylic acids is 1. The van der Waals surface area contributed by atoms with Gasteiger partial charge in [0.25, 0.3) is 0 Å². The van der Waals surface area contributed by atoms with Crippen molar-refractivity contribution in [3.8, 4) is 6.07 Å². The van der Waals surface area contributed by atoms with Crippen LogP contribution in [0.5, 0.6) is 0 Å². The Morgan fingerprint density at radius 3 is 2.57 bits per heavy atom. The fourth-order valence-corrected chi connectivity index (χ4v) is 1.99. The highest BCUT2D eigenvalue weighted by molar-refractivity contribution is 5.73. The zero-order valence-electron chi connectivity index (χ0n) is 12.5. The van der Waals surface area contributed by atoms with E-state index in [0.29, 0.717) is 12.6 Å². The maximum absolute atomic E-state index is 10.6. The molecule has 10 heteroatoms. The minimum Gasteiger partial charge on any atom is -0.475 e. The van der Waals surface area contributed by atoms with Crippen molar-refractivity contribution in [3.05, 3.63) is 12.4 Å². The van der Waals surface area contributed by atoms with Crippen LogP contribution in [-0.2, 0) is 11.3 Å². The van der Waals surface area contributed by atoms with E-state index in [2.05, 4.69) is 28.4 Å². The highest BCUT2D eigenvalue weighted by atomic mass is 19.4. The summed E-state index contributed by atoms with van der Waals surface area (Å²) in [5.74, 6) is -2.76. The zero-order valence-corrected chi connectivity index (χ0v) is 12.5. The molecular weight excluding hydrogens is 315 g/mol. The second-order valence-electron chi connectivity index (χ2n) is 5.11. The number of rotatable bonds is 3. The van der Waals surface area contributed by atoms with Crippen molar-refractivity contribution in [2.24, 2.45) is 0 Å². The summed E-state index contributed by atoms with van der Waals surface area (Å²) >= 11 is 0. The molecule has 0 saturated carbocycles. The molecule has 23 heavy (non-hydrogen) atoms. The quantitative estimate of drug-likeness (QED) is 0.871. The number of alkyl halides is 3. The molecule has 1 aromatic heterocycles. The van der Waals surface area contributed by atoms with Gasteiger partial charge in [0.05, 0.1) is 18.0 Å². The van der Waals surface area contributed by atoms with Gasteiger partial charge in [-0.05, 0) is 33.0 Å². The second-order valence-corrected chi connectivity index (χ2v) is 5.11. The number of nitriles is 1. The van der Waals surface area contributed by atoms with Crippen LogP contribution in [0.25, 0.3) is 0 Å². The predicted molar refractivity (Wildman–Crippen MR) is 75.7 cm³/mol. The molecule has 0 atom stereocenters. The first kappa shape index (κ1) is 18.8. The standard InChI is InChI=1S/C11H17N5.C2HF3O2/c1-15-5-2-10(3-6-15)14-11-8-13-16(9-11)7-4-12;3-2(4,5)1(6)7/h8-10,14H,2-3,5-7H2,1H3;(H,6,7). The molecular formula is C13H18F3N5O2. The van der Waals surface area contributed by atoms with Crippen LogP contribution < -0.4 is 5.32 Å². The van der Waals surface area contributed by atoms with Gasteiger partial charge >= 0.3 is 12.1 Å². The van der Waals surface area contributed by atoms with E-state index in [1.165, 1.54) is 12.8 Å². The van der Waals surface area contributed by atoms with Crippen LogP contribution in [0.15, 0.2) is 12.4 Å². The average molecular weight is 333 g/mol. The van der Waals surface area contributed by atoms with Gasteiger partial charge in [0.1, 0.15) is 6.54 Å². The first-order chi connectivity index (χ1) is 10.7. The molecule has 0 bridgehead atoms. The van der Waals surface area contributed by atoms with Crippen molar-refractivity contribution in [1.82, 2.24) is 14.7 Å². The number of carboxylic acid groups (broad SMARTS) is 1. The summed E-state index contributed by atoms with van der Waals surface area (Å²) in [4.78, 5) is 11.2. The molecule has 0 unspecified atom stereocenters. The summed E-state index contributed by atoms with van der Waals surface area (Å²) in [6, 6.07) is 2.61. The Bertz CT molecular complexity index is 545. The Kier molecular flexibility index (Phi) is 6.84. The largest absolute Gasteiger partial charge is 0.490 e. The van der Waals surface area contributed by atoms with E-state index >= 15 is 0 Å². The number of likely N-dealkylation sites (tertiary alicyclic amines) is 1. The number of aromatic nitrogens is 2. The lowest BCUT2D eigenvalue weighted by Crippen LogP contribution is -2.36. The number of nitrogens with zero attached hydrogens (tertiary/aromatic N) is 4. The summed E-state index contributed by atoms with van der Waals surface area (Å²) in [5.41, 5.74) is 1.02. The van der Waals surface area contributed by atoms with E-state index in [0.717, 1.165) is 18.8 Å². The molecule has 1 saturated heterocycles. The number of hydrogen-bond acceptors (Lipinski definition) is 5. The van der Waals surface area contributed by atoms with Crippen LogP contribution in [0.3, 0.4) is 0 Å². The van der Waals surface area contributed by atoms with E-state index in [-0.39, 0.29) is 0 Å². The number of piperidine rings is 1. The maximum Gasteiger partial charge on any atom is 0.490 e. The van der Waals surface area contributed by atoms with E-state index < -0.39 is 12.1 Å². The lowest BCUT2D eigenvalue weighted by atomic mass is 10.1. The molecule has 2 N–H and O–H groups in total. The molecule has 1 aromatic rings. The fourth-order valence-electron chi connectivity index (χ4n) is 1.99. The lowest BCUT2D eigenvalue weighted by Gasteiger charge is -2.29. The average Bonchev–Trinajstić information content (AvgIpc) is 2.89. The third-order valence-electron chi connectivity index (χ3n) is 3.20. The molecule has 7 nitrogen and oxygen atoms in total. The van der Waals surface area contributed by atoms with E-state index in [4.69, 9.17) is 15.2 Å². The first-order valence-corrected chi connectivity index (χ1v) is 6.87. The van der Waals surface area contributed by atoms with Crippen molar-refractivity contribution < 1.29 is 23.1 Å². The molecule has 0 spiro atoms. The summed E-state index contributed by atoms with van der Waals surface area (Å²) in [6.45, 7) is 2.60. The molecule has 128 valence electrons. The number of carbonyl (C=O) groups is 1. The highest BCUT2D eigenvalue weighted by Gasteiger charge is 2.38. The maximum atomic E-state index is 10.6. The minimum atomic E-state index is -5.08. The second kappa shape index (κ2) is 8.38. The van der Waals surface area contributed by atoms with E-state index in [9.17, 15) is 13.2 Å². The van der Waals surface area contributed by atoms with Gasteiger partial charge in [-0.25, -0.2) is 4.79 Å². The summed E-state index contributed by atoms with van der Waals surface area (Å²) in [5, 5.41) is 23.2. The van der Waals surface area contributed by atoms with Gasteiger partial charge < -0.3 is 15.3 Å². The number of hydrogen-bond donors (Lipinski definition) is 2. The van der Waals surface area contributed by atoms with Gasteiger partial charge in [0, 0.05) is 12.2 Å². The predicted octanol–water partition coefficient (Wildman–Crippen LogP) is 1.55. The molecule has 0 aromatic carbocycles. The summed E-state index contributed by atoms with van der Waals surface area (Å²) < 4.78 is 33.4. The van der Waals surface area contributed by atoms with Crippen LogP contribution in [0.4, 0.5) is 18.9 Å². The summed E-state index contributed by atoms with van der Waals surface area (Å²) in [6.07, 6.45) is 0.928. The Morgan fingerprint density at radius 2 is 2.09 bits per heavy atom. The fraction of sp³-hybridized carbons (Fsp3) is 0.615. The van der Waals surface area contributed by atoms with Crippen molar-refractivity contribution in [1.29, 1.82) is 5.26 Å². The molecule has 1 fully saturated rings. The van der Waals surface area contributed by atoms with Crippen LogP contribution >= 0.6 is 0 Å². The van der Waals surface area contributed by atoms with Gasteiger partial charge in [-0.3, -0.25) is 4.68 Å². The Hall–Kier alpha value is -2.28. The number of anilines is 1. The van der Waals surface area contributed by atoms with Gasteiger partial charge in [0.2, 0.25) is 0 Å². The molecule has 0 aliphatic carbocycles. The monoisotopic (exact) mass is 333 g/mol. The smallest absolute Gasteiger partial charge is 0.475 e. The van der Waals surface area contributed by atoms with Crippen molar-refractivity contribution in [2.45, 2.75) is 31.6 Å². The van der Waals surface area contributed by atoms with E-state index in [1.807, 2.05) is 6.20 Å². The number of nitrogens with one attached hydrogen (secondary N) is 1. The summed E-state index contributed by atoms with van der Waals surface area (Å²) in [7, 11) is 2.15. The molecule has 0 amide bonds. The van der Waals surface area contributed by atoms with Gasteiger partial charge in [0.15, 0.2) is 0 Å². The zero-order chi connectivity index (χ0) is 17.5. The van der Waals surface area contributed by atoms with Crippen molar-refractivity contribution in [2.75, 3.05) is 25.5 Å². The Morgan fingerprint density at radius 1 is 1.52 bits per heavy atom. The third-order valence-corrected chi connectivity index (χ3v) is 3.20. The molecule has 2 rings (SSSR count). The Balaban J connectivity index is 0.000000322. The topological polar surface area (TPSA) is 94.2 Å². The van der Waals surface area contributed by atoms with Gasteiger partial charge in [-0.15, -0.1) is 0 Å². The van der Waals surface area contributed by atoms with Crippen molar-refractivity contribution >= 4 is 11.7 Å².